The molecule has 1 amide bonds. The molecule has 158 valence electrons. The number of nitrogens with one attached hydrogen (secondary N) is 2. The summed E-state index contributed by atoms with van der Waals surface area (Å²) in [5, 5.41) is 3.39. The molecule has 2 N–H and O–H groups in total. The Labute approximate surface area is 180 Å². The van der Waals surface area contributed by atoms with Crippen molar-refractivity contribution in [3.8, 4) is 5.75 Å². The quantitative estimate of drug-likeness (QED) is 0.666. The second-order valence-electron chi connectivity index (χ2n) is 8.03. The molecule has 1 aromatic heterocycles. The number of rotatable bonds is 5. The molecule has 1 aliphatic carbocycles. The number of benzene rings is 2. The number of hydrogen-bond donors (Lipinski definition) is 2. The highest BCUT2D eigenvalue weighted by Crippen LogP contribution is 2.36. The molecule has 2 aliphatic rings. The van der Waals surface area contributed by atoms with Gasteiger partial charge in [-0.1, -0.05) is 36.4 Å². The SMILES string of the molecule is COc1ccccc1N1C[C@@H](c2cc(=O)[nH]c(N[C@@H]3CCc4ccccc43)n2)CC1=O. The van der Waals surface area contributed by atoms with Gasteiger partial charge in [-0.3, -0.25) is 14.6 Å². The van der Waals surface area contributed by atoms with Gasteiger partial charge in [-0.05, 0) is 36.1 Å². The lowest BCUT2D eigenvalue weighted by molar-refractivity contribution is -0.117. The third-order valence-corrected chi connectivity index (χ3v) is 6.12. The Balaban J connectivity index is 1.39. The first-order chi connectivity index (χ1) is 15.1. The number of para-hydroxylation sites is 2. The number of amides is 1. The number of anilines is 2. The first kappa shape index (κ1) is 19.4. The fraction of sp³-hybridized carbons (Fsp3) is 0.292. The predicted molar refractivity (Wildman–Crippen MR) is 119 cm³/mol. The molecule has 2 aromatic carbocycles. The smallest absolute Gasteiger partial charge is 0.252 e. The van der Waals surface area contributed by atoms with Gasteiger partial charge in [-0.2, -0.15) is 0 Å². The minimum absolute atomic E-state index is 0.00388. The maximum Gasteiger partial charge on any atom is 0.252 e. The van der Waals surface area contributed by atoms with E-state index in [9.17, 15) is 9.59 Å². The number of hydrogen-bond acceptors (Lipinski definition) is 5. The highest BCUT2D eigenvalue weighted by Gasteiger charge is 2.34. The molecule has 7 heteroatoms. The number of aryl methyl sites for hydroxylation is 1. The fourth-order valence-corrected chi connectivity index (χ4v) is 4.62. The number of fused-ring (bicyclic) bond motifs is 1. The van der Waals surface area contributed by atoms with Crippen LogP contribution in [0.25, 0.3) is 0 Å². The lowest BCUT2D eigenvalue weighted by Crippen LogP contribution is -2.25. The highest BCUT2D eigenvalue weighted by atomic mass is 16.5. The van der Waals surface area contributed by atoms with Crippen molar-refractivity contribution in [1.82, 2.24) is 9.97 Å². The molecular weight excluding hydrogens is 392 g/mol. The van der Waals surface area contributed by atoms with Crippen LogP contribution in [-0.4, -0.2) is 29.5 Å². The first-order valence-corrected chi connectivity index (χ1v) is 10.5. The third-order valence-electron chi connectivity index (χ3n) is 6.12. The molecule has 1 fully saturated rings. The van der Waals surface area contributed by atoms with Gasteiger partial charge in [0.05, 0.1) is 24.5 Å². The number of nitrogens with zero attached hydrogens (tertiary/aromatic N) is 2. The molecule has 0 unspecified atom stereocenters. The number of carbonyl (C=O) groups is 1. The summed E-state index contributed by atoms with van der Waals surface area (Å²) in [5.74, 6) is 0.942. The average molecular weight is 416 g/mol. The van der Waals surface area contributed by atoms with Crippen LogP contribution in [0.4, 0.5) is 11.6 Å². The Hall–Kier alpha value is -3.61. The van der Waals surface area contributed by atoms with Crippen LogP contribution in [0.2, 0.25) is 0 Å². The van der Waals surface area contributed by atoms with Gasteiger partial charge in [0, 0.05) is 24.9 Å². The zero-order valence-corrected chi connectivity index (χ0v) is 17.3. The molecular formula is C24H24N4O3. The lowest BCUT2D eigenvalue weighted by Gasteiger charge is -2.19. The minimum atomic E-state index is -0.220. The van der Waals surface area contributed by atoms with Gasteiger partial charge >= 0.3 is 0 Å². The largest absolute Gasteiger partial charge is 0.495 e. The van der Waals surface area contributed by atoms with Crippen molar-refractivity contribution in [3.63, 3.8) is 0 Å². The van der Waals surface area contributed by atoms with Crippen LogP contribution >= 0.6 is 0 Å². The maximum atomic E-state index is 12.8. The summed E-state index contributed by atoms with van der Waals surface area (Å²) in [6.07, 6.45) is 2.26. The van der Waals surface area contributed by atoms with Crippen molar-refractivity contribution in [3.05, 3.63) is 81.8 Å². The van der Waals surface area contributed by atoms with E-state index in [1.807, 2.05) is 36.4 Å². The number of aromatic amines is 1. The molecule has 2 atom stereocenters. The van der Waals surface area contributed by atoms with E-state index in [4.69, 9.17) is 4.74 Å². The zero-order chi connectivity index (χ0) is 21.4. The Bertz CT molecular complexity index is 1190. The van der Waals surface area contributed by atoms with Crippen LogP contribution in [0.1, 0.15) is 41.6 Å². The number of H-pyrrole nitrogens is 1. The minimum Gasteiger partial charge on any atom is -0.495 e. The molecule has 0 radical (unpaired) electrons. The summed E-state index contributed by atoms with van der Waals surface area (Å²) < 4.78 is 5.41. The van der Waals surface area contributed by atoms with Crippen LogP contribution in [0, 0.1) is 0 Å². The van der Waals surface area contributed by atoms with Crippen molar-refractivity contribution in [2.24, 2.45) is 0 Å². The summed E-state index contributed by atoms with van der Waals surface area (Å²) in [4.78, 5) is 34.3. The summed E-state index contributed by atoms with van der Waals surface area (Å²) in [6.45, 7) is 0.460. The van der Waals surface area contributed by atoms with Crippen LogP contribution in [0.3, 0.4) is 0 Å². The molecule has 0 bridgehead atoms. The van der Waals surface area contributed by atoms with Crippen molar-refractivity contribution >= 4 is 17.5 Å². The third kappa shape index (κ3) is 3.67. The molecule has 3 aromatic rings. The van der Waals surface area contributed by atoms with Gasteiger partial charge in [-0.15, -0.1) is 0 Å². The Morgan fingerprint density at radius 2 is 1.94 bits per heavy atom. The summed E-state index contributed by atoms with van der Waals surface area (Å²) >= 11 is 0. The van der Waals surface area contributed by atoms with Crippen LogP contribution in [0.15, 0.2) is 59.4 Å². The van der Waals surface area contributed by atoms with Crippen molar-refractivity contribution in [1.29, 1.82) is 0 Å². The van der Waals surface area contributed by atoms with Gasteiger partial charge in [0.1, 0.15) is 5.75 Å². The number of carbonyl (C=O) groups excluding carboxylic acids is 1. The summed E-state index contributed by atoms with van der Waals surface area (Å²) in [7, 11) is 1.59. The van der Waals surface area contributed by atoms with E-state index in [1.54, 1.807) is 12.0 Å². The lowest BCUT2D eigenvalue weighted by atomic mass is 10.0. The Morgan fingerprint density at radius 3 is 2.81 bits per heavy atom. The predicted octanol–water partition coefficient (Wildman–Crippen LogP) is 3.40. The van der Waals surface area contributed by atoms with E-state index in [0.29, 0.717) is 30.4 Å². The van der Waals surface area contributed by atoms with E-state index < -0.39 is 0 Å². The van der Waals surface area contributed by atoms with Crippen molar-refractivity contribution in [2.75, 3.05) is 23.9 Å². The molecule has 0 saturated carbocycles. The molecule has 31 heavy (non-hydrogen) atoms. The molecule has 0 spiro atoms. The molecule has 7 nitrogen and oxygen atoms in total. The number of ether oxygens (including phenoxy) is 1. The van der Waals surface area contributed by atoms with E-state index in [1.165, 1.54) is 17.2 Å². The number of aromatic nitrogens is 2. The van der Waals surface area contributed by atoms with E-state index in [2.05, 4.69) is 27.4 Å². The first-order valence-electron chi connectivity index (χ1n) is 10.5. The highest BCUT2D eigenvalue weighted by molar-refractivity contribution is 5.97. The second kappa shape index (κ2) is 7.91. The van der Waals surface area contributed by atoms with Crippen LogP contribution in [0.5, 0.6) is 5.75 Å². The van der Waals surface area contributed by atoms with E-state index in [-0.39, 0.29) is 23.4 Å². The average Bonchev–Trinajstić information content (AvgIpc) is 3.37. The van der Waals surface area contributed by atoms with Gasteiger partial charge in [0.2, 0.25) is 11.9 Å². The zero-order valence-electron chi connectivity index (χ0n) is 17.3. The van der Waals surface area contributed by atoms with Gasteiger partial charge in [-0.25, -0.2) is 4.98 Å². The van der Waals surface area contributed by atoms with E-state index >= 15 is 0 Å². The summed E-state index contributed by atoms with van der Waals surface area (Å²) in [5.41, 5.74) is 3.72. The summed E-state index contributed by atoms with van der Waals surface area (Å²) in [6, 6.07) is 17.4. The Kier molecular flexibility index (Phi) is 4.94. The normalized spacial score (nSPS) is 20.0. The van der Waals surface area contributed by atoms with Gasteiger partial charge < -0.3 is 15.0 Å². The van der Waals surface area contributed by atoms with Crippen molar-refractivity contribution < 1.29 is 9.53 Å². The second-order valence-corrected chi connectivity index (χ2v) is 8.03. The fourth-order valence-electron chi connectivity index (χ4n) is 4.62. The standard InChI is InChI=1S/C24H24N4O3/c1-31-21-9-5-4-8-20(21)28-14-16(12-23(28)30)19-13-22(29)27-24(26-19)25-18-11-10-15-6-2-3-7-17(15)18/h2-9,13,16,18H,10-12,14H2,1H3,(H2,25,26,27,29)/t16-,18+/m0/s1. The van der Waals surface area contributed by atoms with Crippen LogP contribution < -0.4 is 20.5 Å². The molecule has 1 saturated heterocycles. The number of methoxy groups -OCH3 is 1. The Morgan fingerprint density at radius 1 is 1.13 bits per heavy atom. The topological polar surface area (TPSA) is 87.3 Å². The van der Waals surface area contributed by atoms with Crippen molar-refractivity contribution in [2.45, 2.75) is 31.2 Å². The van der Waals surface area contributed by atoms with Gasteiger partial charge in [0.25, 0.3) is 5.56 Å². The van der Waals surface area contributed by atoms with E-state index in [0.717, 1.165) is 18.5 Å². The van der Waals surface area contributed by atoms with Gasteiger partial charge in [0.15, 0.2) is 0 Å². The maximum absolute atomic E-state index is 12.8. The molecule has 2 heterocycles. The monoisotopic (exact) mass is 416 g/mol. The van der Waals surface area contributed by atoms with Crippen LogP contribution in [-0.2, 0) is 11.2 Å². The molecule has 5 rings (SSSR count). The molecule has 1 aliphatic heterocycles.